The quantitative estimate of drug-likeness (QED) is 0.345. The number of aliphatic carboxylic acids is 1. The molecule has 0 saturated carbocycles. The first-order chi connectivity index (χ1) is 11.7. The van der Waals surface area contributed by atoms with E-state index in [0.717, 1.165) is 32.1 Å². The van der Waals surface area contributed by atoms with Crippen LogP contribution < -0.4 is 10.4 Å². The Bertz CT molecular complexity index is 375. The minimum atomic E-state index is -1.25. The number of rotatable bonds is 16. The number of amides is 1. The summed E-state index contributed by atoms with van der Waals surface area (Å²) in [5.41, 5.74) is 0. The molecule has 1 N–H and O–H groups in total. The second-order valence-corrected chi connectivity index (χ2v) is 6.13. The van der Waals surface area contributed by atoms with Gasteiger partial charge in [0.15, 0.2) is 0 Å². The average Bonchev–Trinajstić information content (AvgIpc) is 2.56. The lowest BCUT2D eigenvalue weighted by atomic mass is 10.1. The molecule has 4 heteroatoms. The summed E-state index contributed by atoms with van der Waals surface area (Å²) in [6.07, 6.45) is 22.0. The molecule has 0 aromatic rings. The van der Waals surface area contributed by atoms with E-state index in [0.29, 0.717) is 6.42 Å². The van der Waals surface area contributed by atoms with E-state index in [1.807, 2.05) is 0 Å². The van der Waals surface area contributed by atoms with Gasteiger partial charge in [0.1, 0.15) is 0 Å². The van der Waals surface area contributed by atoms with Crippen molar-refractivity contribution < 1.29 is 14.7 Å². The molecule has 0 radical (unpaired) electrons. The van der Waals surface area contributed by atoms with Gasteiger partial charge in [-0.15, -0.1) is 0 Å². The van der Waals surface area contributed by atoms with Crippen LogP contribution in [0.4, 0.5) is 0 Å². The van der Waals surface area contributed by atoms with Crippen molar-refractivity contribution in [2.24, 2.45) is 0 Å². The van der Waals surface area contributed by atoms with Crippen molar-refractivity contribution in [2.75, 3.05) is 6.54 Å². The Labute approximate surface area is 147 Å². The maximum absolute atomic E-state index is 11.3. The molecule has 0 spiro atoms. The lowest BCUT2D eigenvalue weighted by Gasteiger charge is -2.05. The van der Waals surface area contributed by atoms with Crippen LogP contribution in [0.25, 0.3) is 0 Å². The van der Waals surface area contributed by atoms with Crippen molar-refractivity contribution in [2.45, 2.75) is 84.0 Å². The number of hydrogen-bond donors (Lipinski definition) is 1. The van der Waals surface area contributed by atoms with Crippen molar-refractivity contribution in [3.8, 4) is 0 Å². The monoisotopic (exact) mass is 336 g/mol. The molecule has 4 nitrogen and oxygen atoms in total. The number of allylic oxidation sites excluding steroid dienone is 4. The highest BCUT2D eigenvalue weighted by molar-refractivity contribution is 5.80. The SMILES string of the molecule is CCCCC/C=C\C/C=C\CCCCCCCC(=O)NCC(=O)[O-]. The lowest BCUT2D eigenvalue weighted by Crippen LogP contribution is -2.37. The molecule has 0 aromatic heterocycles. The number of nitrogens with one attached hydrogen (secondary N) is 1. The first kappa shape index (κ1) is 22.4. The molecule has 0 rings (SSSR count). The topological polar surface area (TPSA) is 69.2 Å². The summed E-state index contributed by atoms with van der Waals surface area (Å²) in [5, 5.41) is 12.5. The van der Waals surface area contributed by atoms with Crippen LogP contribution in [0.5, 0.6) is 0 Å². The van der Waals surface area contributed by atoms with Gasteiger partial charge >= 0.3 is 0 Å². The fraction of sp³-hybridized carbons (Fsp3) is 0.700. The predicted molar refractivity (Wildman–Crippen MR) is 97.4 cm³/mol. The van der Waals surface area contributed by atoms with E-state index in [1.54, 1.807) is 0 Å². The third-order valence-electron chi connectivity index (χ3n) is 3.78. The number of hydrogen-bond acceptors (Lipinski definition) is 3. The lowest BCUT2D eigenvalue weighted by molar-refractivity contribution is -0.304. The van der Waals surface area contributed by atoms with Gasteiger partial charge in [-0.1, -0.05) is 63.3 Å². The van der Waals surface area contributed by atoms with Crippen LogP contribution in [0.3, 0.4) is 0 Å². The molecule has 24 heavy (non-hydrogen) atoms. The van der Waals surface area contributed by atoms with Crippen molar-refractivity contribution in [3.05, 3.63) is 24.3 Å². The second-order valence-electron chi connectivity index (χ2n) is 6.13. The van der Waals surface area contributed by atoms with Crippen LogP contribution in [0.1, 0.15) is 84.0 Å². The Morgan fingerprint density at radius 2 is 1.42 bits per heavy atom. The number of carbonyl (C=O) groups is 2. The number of unbranched alkanes of at least 4 members (excludes halogenated alkanes) is 8. The first-order valence-corrected chi connectivity index (χ1v) is 9.43. The van der Waals surface area contributed by atoms with Gasteiger partial charge in [0.2, 0.25) is 5.91 Å². The molecule has 0 fully saturated rings. The number of carbonyl (C=O) groups excluding carboxylic acids is 2. The molecule has 0 heterocycles. The number of carboxylic acids is 1. The smallest absolute Gasteiger partial charge is 0.220 e. The second kappa shape index (κ2) is 17.8. The molecule has 0 aliphatic carbocycles. The summed E-state index contributed by atoms with van der Waals surface area (Å²) in [5.74, 6) is -1.45. The van der Waals surface area contributed by atoms with Crippen LogP contribution in [-0.4, -0.2) is 18.4 Å². The van der Waals surface area contributed by atoms with Crippen molar-refractivity contribution in [1.82, 2.24) is 5.32 Å². The van der Waals surface area contributed by atoms with E-state index in [2.05, 4.69) is 36.5 Å². The highest BCUT2D eigenvalue weighted by Gasteiger charge is 2.00. The van der Waals surface area contributed by atoms with E-state index >= 15 is 0 Å². The molecule has 1 amide bonds. The molecule has 0 aliphatic rings. The summed E-state index contributed by atoms with van der Waals surface area (Å²) in [6, 6.07) is 0. The Morgan fingerprint density at radius 1 is 0.833 bits per heavy atom. The zero-order chi connectivity index (χ0) is 17.9. The molecule has 0 atom stereocenters. The maximum atomic E-state index is 11.3. The van der Waals surface area contributed by atoms with Crippen molar-refractivity contribution in [3.63, 3.8) is 0 Å². The van der Waals surface area contributed by atoms with Crippen LogP contribution in [0.15, 0.2) is 24.3 Å². The molecular weight excluding hydrogens is 302 g/mol. The van der Waals surface area contributed by atoms with Gasteiger partial charge in [0, 0.05) is 6.42 Å². The molecule has 0 bridgehead atoms. The van der Waals surface area contributed by atoms with Gasteiger partial charge in [-0.05, 0) is 38.5 Å². The zero-order valence-electron chi connectivity index (χ0n) is 15.2. The normalized spacial score (nSPS) is 11.4. The summed E-state index contributed by atoms with van der Waals surface area (Å²) in [4.78, 5) is 21.4. The molecule has 0 unspecified atom stereocenters. The minimum absolute atomic E-state index is 0.204. The van der Waals surface area contributed by atoms with Crippen molar-refractivity contribution in [1.29, 1.82) is 0 Å². The summed E-state index contributed by atoms with van der Waals surface area (Å²) < 4.78 is 0. The predicted octanol–water partition coefficient (Wildman–Crippen LogP) is 3.67. The highest BCUT2D eigenvalue weighted by Crippen LogP contribution is 2.08. The number of carboxylic acid groups (broad SMARTS) is 1. The van der Waals surface area contributed by atoms with Gasteiger partial charge in [0.25, 0.3) is 0 Å². The Kier molecular flexibility index (Phi) is 16.6. The molecule has 138 valence electrons. The van der Waals surface area contributed by atoms with E-state index in [-0.39, 0.29) is 12.5 Å². The molecular formula is C20H34NO3-. The van der Waals surface area contributed by atoms with Crippen molar-refractivity contribution >= 4 is 11.9 Å². The third kappa shape index (κ3) is 18.5. The van der Waals surface area contributed by atoms with Crippen LogP contribution >= 0.6 is 0 Å². The largest absolute Gasteiger partial charge is 0.548 e. The van der Waals surface area contributed by atoms with E-state index in [4.69, 9.17) is 0 Å². The van der Waals surface area contributed by atoms with E-state index in [9.17, 15) is 14.7 Å². The van der Waals surface area contributed by atoms with Gasteiger partial charge < -0.3 is 15.2 Å². The van der Waals surface area contributed by atoms with Gasteiger partial charge in [-0.3, -0.25) is 4.79 Å². The summed E-state index contributed by atoms with van der Waals surface area (Å²) in [6.45, 7) is 1.84. The van der Waals surface area contributed by atoms with Gasteiger partial charge in [0.05, 0.1) is 12.5 Å². The molecule has 0 aliphatic heterocycles. The summed E-state index contributed by atoms with van der Waals surface area (Å²) in [7, 11) is 0. The first-order valence-electron chi connectivity index (χ1n) is 9.43. The molecule has 0 aromatic carbocycles. The maximum Gasteiger partial charge on any atom is 0.220 e. The molecule has 0 saturated heterocycles. The third-order valence-corrected chi connectivity index (χ3v) is 3.78. The Morgan fingerprint density at radius 3 is 2.04 bits per heavy atom. The Hall–Kier alpha value is -1.58. The van der Waals surface area contributed by atoms with Crippen LogP contribution in [0, 0.1) is 0 Å². The van der Waals surface area contributed by atoms with Gasteiger partial charge in [-0.2, -0.15) is 0 Å². The van der Waals surface area contributed by atoms with Gasteiger partial charge in [-0.25, -0.2) is 0 Å². The Balaban J connectivity index is 3.28. The standard InChI is InChI=1S/C20H35NO3/c1-2-3-4-5-6-7-8-9-10-11-12-13-14-15-16-17-19(22)21-18-20(23)24/h6-7,9-10H,2-5,8,11-18H2,1H3,(H,21,22)(H,23,24)/p-1/b7-6-,10-9-. The van der Waals surface area contributed by atoms with E-state index in [1.165, 1.54) is 38.5 Å². The average molecular weight is 336 g/mol. The minimum Gasteiger partial charge on any atom is -0.548 e. The van der Waals surface area contributed by atoms with Crippen LogP contribution in [0.2, 0.25) is 0 Å². The fourth-order valence-electron chi connectivity index (χ4n) is 2.36. The highest BCUT2D eigenvalue weighted by atomic mass is 16.4. The summed E-state index contributed by atoms with van der Waals surface area (Å²) >= 11 is 0. The van der Waals surface area contributed by atoms with Crippen LogP contribution in [-0.2, 0) is 9.59 Å². The fourth-order valence-corrected chi connectivity index (χ4v) is 2.36. The zero-order valence-corrected chi connectivity index (χ0v) is 15.2. The van der Waals surface area contributed by atoms with E-state index < -0.39 is 5.97 Å².